The van der Waals surface area contributed by atoms with E-state index in [9.17, 15) is 14.0 Å². The number of carbonyl (C=O) groups excluding carboxylic acids is 2. The maximum atomic E-state index is 14.8. The van der Waals surface area contributed by atoms with Crippen molar-refractivity contribution in [2.24, 2.45) is 0 Å². The third-order valence-corrected chi connectivity index (χ3v) is 5.28. The van der Waals surface area contributed by atoms with Crippen LogP contribution in [0.1, 0.15) is 40.5 Å². The van der Waals surface area contributed by atoms with E-state index in [2.05, 4.69) is 21.2 Å². The second-order valence-corrected chi connectivity index (χ2v) is 7.95. The van der Waals surface area contributed by atoms with E-state index in [1.165, 1.54) is 13.2 Å². The van der Waals surface area contributed by atoms with E-state index in [-0.39, 0.29) is 22.4 Å². The number of amides is 1. The molecule has 3 aromatic carbocycles. The van der Waals surface area contributed by atoms with Crippen LogP contribution >= 0.6 is 15.9 Å². The Bertz CT molecular complexity index is 1120. The standard InChI is InChI=1S/C25H23BrFNO4/c1-3-4-12-32-23-11-10-17(26)13-20(23)24(29)28-22-15-18(16-8-6-5-7-9-16)21(27)14-19(22)25(30)31-2/h5-11,13-15H,3-4,12H2,1-2H3,(H,28,29). The molecule has 1 amide bonds. The summed E-state index contributed by atoms with van der Waals surface area (Å²) in [6.45, 7) is 2.52. The van der Waals surface area contributed by atoms with Crippen LogP contribution in [0.25, 0.3) is 11.1 Å². The van der Waals surface area contributed by atoms with E-state index in [4.69, 9.17) is 9.47 Å². The first-order valence-electron chi connectivity index (χ1n) is 10.2. The van der Waals surface area contributed by atoms with Crippen molar-refractivity contribution in [3.05, 3.63) is 82.1 Å². The van der Waals surface area contributed by atoms with Gasteiger partial charge in [-0.15, -0.1) is 0 Å². The number of benzene rings is 3. The van der Waals surface area contributed by atoms with Gasteiger partial charge in [-0.2, -0.15) is 0 Å². The highest BCUT2D eigenvalue weighted by molar-refractivity contribution is 9.10. The lowest BCUT2D eigenvalue weighted by atomic mass is 10.0. The molecule has 0 aromatic heterocycles. The Balaban J connectivity index is 2.01. The van der Waals surface area contributed by atoms with Crippen molar-refractivity contribution in [1.82, 2.24) is 0 Å². The summed E-state index contributed by atoms with van der Waals surface area (Å²) in [7, 11) is 1.20. The molecule has 3 aromatic rings. The molecule has 0 spiro atoms. The van der Waals surface area contributed by atoms with Crippen molar-refractivity contribution in [3.63, 3.8) is 0 Å². The molecule has 0 aliphatic rings. The first-order chi connectivity index (χ1) is 15.4. The fourth-order valence-electron chi connectivity index (χ4n) is 3.12. The number of hydrogen-bond acceptors (Lipinski definition) is 4. The molecule has 7 heteroatoms. The fourth-order valence-corrected chi connectivity index (χ4v) is 3.48. The van der Waals surface area contributed by atoms with Crippen LogP contribution < -0.4 is 10.1 Å². The number of hydrogen-bond donors (Lipinski definition) is 1. The molecule has 0 radical (unpaired) electrons. The zero-order valence-electron chi connectivity index (χ0n) is 17.8. The van der Waals surface area contributed by atoms with Gasteiger partial charge in [0, 0.05) is 10.0 Å². The van der Waals surface area contributed by atoms with Gasteiger partial charge in [0.15, 0.2) is 0 Å². The lowest BCUT2D eigenvalue weighted by Gasteiger charge is -2.15. The number of esters is 1. The van der Waals surface area contributed by atoms with Crippen LogP contribution in [0, 0.1) is 5.82 Å². The molecule has 0 aliphatic carbocycles. The summed E-state index contributed by atoms with van der Waals surface area (Å²) in [4.78, 5) is 25.4. The van der Waals surface area contributed by atoms with Crippen LogP contribution in [-0.2, 0) is 4.74 Å². The SMILES string of the molecule is CCCCOc1ccc(Br)cc1C(=O)Nc1cc(-c2ccccc2)c(F)cc1C(=O)OC. The molecule has 0 aliphatic heterocycles. The maximum Gasteiger partial charge on any atom is 0.340 e. The van der Waals surface area contributed by atoms with Crippen LogP contribution in [0.15, 0.2) is 65.1 Å². The lowest BCUT2D eigenvalue weighted by Crippen LogP contribution is -2.17. The molecule has 0 fully saturated rings. The Hall–Kier alpha value is -3.19. The maximum absolute atomic E-state index is 14.8. The Morgan fingerprint density at radius 1 is 1.03 bits per heavy atom. The van der Waals surface area contributed by atoms with Gasteiger partial charge in [-0.3, -0.25) is 4.79 Å². The summed E-state index contributed by atoms with van der Waals surface area (Å²) >= 11 is 3.37. The quantitative estimate of drug-likeness (QED) is 0.284. The number of ether oxygens (including phenoxy) is 2. The summed E-state index contributed by atoms with van der Waals surface area (Å²) in [5, 5.41) is 2.73. The largest absolute Gasteiger partial charge is 0.493 e. The first-order valence-corrected chi connectivity index (χ1v) is 10.9. The van der Waals surface area contributed by atoms with E-state index in [0.717, 1.165) is 18.9 Å². The fraction of sp³-hybridized carbons (Fsp3) is 0.200. The van der Waals surface area contributed by atoms with Crippen LogP contribution in [0.3, 0.4) is 0 Å². The second kappa shape index (κ2) is 10.9. The summed E-state index contributed by atoms with van der Waals surface area (Å²) < 4.78 is 26.1. The van der Waals surface area contributed by atoms with E-state index in [1.807, 2.05) is 13.0 Å². The predicted octanol–water partition coefficient (Wildman–Crippen LogP) is 6.47. The van der Waals surface area contributed by atoms with Gasteiger partial charge >= 0.3 is 5.97 Å². The van der Waals surface area contributed by atoms with Crippen molar-refractivity contribution in [2.75, 3.05) is 19.0 Å². The molecule has 32 heavy (non-hydrogen) atoms. The summed E-state index contributed by atoms with van der Waals surface area (Å²) in [5.41, 5.74) is 1.21. The zero-order valence-corrected chi connectivity index (χ0v) is 19.4. The summed E-state index contributed by atoms with van der Waals surface area (Å²) in [6, 6.07) is 16.5. The van der Waals surface area contributed by atoms with Gasteiger partial charge in [0.2, 0.25) is 0 Å². The van der Waals surface area contributed by atoms with Crippen molar-refractivity contribution in [1.29, 1.82) is 0 Å². The minimum atomic E-state index is -0.757. The molecule has 0 saturated carbocycles. The highest BCUT2D eigenvalue weighted by Gasteiger charge is 2.21. The zero-order chi connectivity index (χ0) is 23.1. The minimum Gasteiger partial charge on any atom is -0.493 e. The average Bonchev–Trinajstić information content (AvgIpc) is 2.81. The van der Waals surface area contributed by atoms with Crippen molar-refractivity contribution >= 4 is 33.5 Å². The van der Waals surface area contributed by atoms with E-state index < -0.39 is 17.7 Å². The molecule has 0 unspecified atom stereocenters. The monoisotopic (exact) mass is 499 g/mol. The van der Waals surface area contributed by atoms with Gasteiger partial charge in [-0.1, -0.05) is 59.6 Å². The number of rotatable bonds is 8. The van der Waals surface area contributed by atoms with Crippen LogP contribution in [0.4, 0.5) is 10.1 Å². The molecule has 0 atom stereocenters. The molecule has 1 N–H and O–H groups in total. The molecule has 0 bridgehead atoms. The topological polar surface area (TPSA) is 64.6 Å². The van der Waals surface area contributed by atoms with Gasteiger partial charge in [-0.05, 0) is 42.3 Å². The van der Waals surface area contributed by atoms with Crippen LogP contribution in [0.2, 0.25) is 0 Å². The number of carbonyl (C=O) groups is 2. The van der Waals surface area contributed by atoms with Crippen molar-refractivity contribution in [3.8, 4) is 16.9 Å². The molecule has 0 heterocycles. The third-order valence-electron chi connectivity index (χ3n) is 4.79. The first kappa shape index (κ1) is 23.5. The Labute approximate surface area is 194 Å². The normalized spacial score (nSPS) is 10.5. The van der Waals surface area contributed by atoms with Crippen LogP contribution in [-0.4, -0.2) is 25.6 Å². The Morgan fingerprint density at radius 2 is 1.78 bits per heavy atom. The summed E-state index contributed by atoms with van der Waals surface area (Å²) in [6.07, 6.45) is 1.81. The number of unbranched alkanes of at least 4 members (excludes halogenated alkanes) is 1. The average molecular weight is 500 g/mol. The minimum absolute atomic E-state index is 0.0820. The lowest BCUT2D eigenvalue weighted by molar-refractivity contribution is 0.0601. The molecule has 0 saturated heterocycles. The van der Waals surface area contributed by atoms with Gasteiger partial charge < -0.3 is 14.8 Å². The highest BCUT2D eigenvalue weighted by Crippen LogP contribution is 2.31. The smallest absolute Gasteiger partial charge is 0.340 e. The number of methoxy groups -OCH3 is 1. The predicted molar refractivity (Wildman–Crippen MR) is 126 cm³/mol. The number of nitrogens with one attached hydrogen (secondary N) is 1. The van der Waals surface area contributed by atoms with E-state index in [0.29, 0.717) is 22.4 Å². The molecular weight excluding hydrogens is 477 g/mol. The molecule has 5 nitrogen and oxygen atoms in total. The highest BCUT2D eigenvalue weighted by atomic mass is 79.9. The van der Waals surface area contributed by atoms with Gasteiger partial charge in [0.25, 0.3) is 5.91 Å². The van der Waals surface area contributed by atoms with Gasteiger partial charge in [-0.25, -0.2) is 9.18 Å². The number of halogens is 2. The molecule has 166 valence electrons. The van der Waals surface area contributed by atoms with Gasteiger partial charge in [0.05, 0.1) is 30.5 Å². The van der Waals surface area contributed by atoms with Crippen molar-refractivity contribution in [2.45, 2.75) is 19.8 Å². The van der Waals surface area contributed by atoms with Crippen molar-refractivity contribution < 1.29 is 23.5 Å². The molecular formula is C25H23BrFNO4. The number of anilines is 1. The van der Waals surface area contributed by atoms with Gasteiger partial charge in [0.1, 0.15) is 11.6 Å². The Kier molecular flexibility index (Phi) is 8.00. The Morgan fingerprint density at radius 3 is 2.47 bits per heavy atom. The summed E-state index contributed by atoms with van der Waals surface area (Å²) in [5.74, 6) is -1.43. The van der Waals surface area contributed by atoms with Crippen LogP contribution in [0.5, 0.6) is 5.75 Å². The van der Waals surface area contributed by atoms with E-state index >= 15 is 0 Å². The molecule has 3 rings (SSSR count). The van der Waals surface area contributed by atoms with E-state index in [1.54, 1.807) is 42.5 Å². The third kappa shape index (κ3) is 5.53. The second-order valence-electron chi connectivity index (χ2n) is 7.03.